The molecule has 0 saturated carbocycles. The number of anilines is 1. The van der Waals surface area contributed by atoms with Crippen molar-refractivity contribution in [3.8, 4) is 0 Å². The number of nitrogens with zero attached hydrogens (tertiary/aromatic N) is 2. The summed E-state index contributed by atoms with van der Waals surface area (Å²) in [6, 6.07) is 6.04. The molecule has 1 aromatic carbocycles. The fraction of sp³-hybridized carbons (Fsp3) is 0.500. The van der Waals surface area contributed by atoms with Crippen LogP contribution in [0.3, 0.4) is 0 Å². The highest BCUT2D eigenvalue weighted by atomic mass is 16.4. The van der Waals surface area contributed by atoms with Crippen molar-refractivity contribution in [2.75, 3.05) is 31.5 Å². The first-order chi connectivity index (χ1) is 12.6. The second-order valence-corrected chi connectivity index (χ2v) is 7.79. The van der Waals surface area contributed by atoms with E-state index >= 15 is 0 Å². The first-order valence-corrected chi connectivity index (χ1v) is 9.50. The first kappa shape index (κ1) is 15.7. The van der Waals surface area contributed by atoms with Crippen molar-refractivity contribution in [1.29, 1.82) is 0 Å². The highest BCUT2D eigenvalue weighted by Crippen LogP contribution is 2.48. The van der Waals surface area contributed by atoms with Gasteiger partial charge in [-0.1, -0.05) is 18.2 Å². The maximum atomic E-state index is 12.9. The number of nitrogens with one attached hydrogen (secondary N) is 1. The Hall–Kier alpha value is -2.50. The molecule has 2 N–H and O–H groups in total. The highest BCUT2D eigenvalue weighted by Gasteiger charge is 2.44. The van der Waals surface area contributed by atoms with Gasteiger partial charge in [0.2, 0.25) is 5.91 Å². The fourth-order valence-electron chi connectivity index (χ4n) is 5.16. The Morgan fingerprint density at radius 3 is 2.77 bits per heavy atom. The fourth-order valence-corrected chi connectivity index (χ4v) is 5.16. The molecule has 2 amide bonds. The third-order valence-corrected chi connectivity index (χ3v) is 6.36. The van der Waals surface area contributed by atoms with Crippen molar-refractivity contribution in [3.63, 3.8) is 0 Å². The summed E-state index contributed by atoms with van der Waals surface area (Å²) in [5, 5.41) is 13.3. The minimum Gasteiger partial charge on any atom is -0.465 e. The van der Waals surface area contributed by atoms with Gasteiger partial charge in [-0.15, -0.1) is 0 Å². The van der Waals surface area contributed by atoms with Crippen LogP contribution in [0.5, 0.6) is 0 Å². The molecule has 0 spiro atoms. The predicted molar refractivity (Wildman–Crippen MR) is 98.1 cm³/mol. The number of benzene rings is 1. The van der Waals surface area contributed by atoms with Crippen molar-refractivity contribution >= 4 is 23.3 Å². The van der Waals surface area contributed by atoms with E-state index in [9.17, 15) is 14.7 Å². The normalized spacial score (nSPS) is 28.9. The average molecular weight is 353 g/mol. The van der Waals surface area contributed by atoms with Gasteiger partial charge < -0.3 is 20.2 Å². The molecule has 3 heterocycles. The molecule has 0 aromatic heterocycles. The molecule has 0 unspecified atom stereocenters. The average Bonchev–Trinajstić information content (AvgIpc) is 3.31. The van der Waals surface area contributed by atoms with Gasteiger partial charge in [0.1, 0.15) is 0 Å². The van der Waals surface area contributed by atoms with Crippen molar-refractivity contribution < 1.29 is 14.7 Å². The minimum absolute atomic E-state index is 0.0764. The molecule has 5 rings (SSSR count). The van der Waals surface area contributed by atoms with Gasteiger partial charge in [-0.2, -0.15) is 0 Å². The summed E-state index contributed by atoms with van der Waals surface area (Å²) >= 11 is 0. The standard InChI is InChI=1S/C20H23N3O3/c24-19(22-6-1-2-7-22)13-8-15-14-4-3-5-16-18(14)12(10-21-16)9-17(15)23(11-13)20(25)26/h3-5,8,12-13,17,21H,1-2,6-7,9-11H2,(H,25,26)/t12-,13-,17-/m1/s1. The van der Waals surface area contributed by atoms with Crippen LogP contribution in [0, 0.1) is 5.92 Å². The van der Waals surface area contributed by atoms with Gasteiger partial charge in [-0.3, -0.25) is 4.79 Å². The highest BCUT2D eigenvalue weighted by molar-refractivity contribution is 5.89. The van der Waals surface area contributed by atoms with Crippen LogP contribution in [0.4, 0.5) is 10.5 Å². The quantitative estimate of drug-likeness (QED) is 0.814. The third kappa shape index (κ3) is 2.24. The molecule has 6 heteroatoms. The SMILES string of the molecule is O=C([C@@H]1C=C2c3cccc4c3[C@@H](CN4)C[C@H]2N(C(=O)O)C1)N1CCCC1. The second-order valence-electron chi connectivity index (χ2n) is 7.79. The molecule has 136 valence electrons. The van der Waals surface area contributed by atoms with Crippen LogP contribution in [-0.4, -0.2) is 59.1 Å². The zero-order valence-corrected chi connectivity index (χ0v) is 14.6. The zero-order valence-electron chi connectivity index (χ0n) is 14.6. The molecule has 4 aliphatic rings. The number of rotatable bonds is 1. The molecule has 1 fully saturated rings. The van der Waals surface area contributed by atoms with Crippen molar-refractivity contribution in [1.82, 2.24) is 9.80 Å². The Morgan fingerprint density at radius 1 is 1.19 bits per heavy atom. The Labute approximate surface area is 152 Å². The zero-order chi connectivity index (χ0) is 17.8. The molecule has 3 atom stereocenters. The van der Waals surface area contributed by atoms with Gasteiger partial charge in [0.05, 0.1) is 12.0 Å². The van der Waals surface area contributed by atoms with Gasteiger partial charge in [0, 0.05) is 37.8 Å². The van der Waals surface area contributed by atoms with Crippen LogP contribution in [0.25, 0.3) is 5.57 Å². The summed E-state index contributed by atoms with van der Waals surface area (Å²) in [6.45, 7) is 2.72. The summed E-state index contributed by atoms with van der Waals surface area (Å²) in [7, 11) is 0. The second kappa shape index (κ2) is 5.76. The van der Waals surface area contributed by atoms with Gasteiger partial charge >= 0.3 is 6.09 Å². The molecular formula is C20H23N3O3. The Morgan fingerprint density at radius 2 is 2.00 bits per heavy atom. The number of carbonyl (C=O) groups is 2. The van der Waals surface area contributed by atoms with E-state index in [-0.39, 0.29) is 24.4 Å². The molecule has 1 aromatic rings. The number of amides is 2. The minimum atomic E-state index is -0.926. The summed E-state index contributed by atoms with van der Waals surface area (Å²) < 4.78 is 0. The van der Waals surface area contributed by atoms with Crippen LogP contribution < -0.4 is 5.32 Å². The topological polar surface area (TPSA) is 72.9 Å². The monoisotopic (exact) mass is 353 g/mol. The summed E-state index contributed by atoms with van der Waals surface area (Å²) in [6.07, 6.45) is 4.01. The van der Waals surface area contributed by atoms with E-state index in [1.165, 1.54) is 10.5 Å². The van der Waals surface area contributed by atoms with E-state index in [0.717, 1.165) is 55.7 Å². The van der Waals surface area contributed by atoms with Gasteiger partial charge in [0.15, 0.2) is 0 Å². The van der Waals surface area contributed by atoms with Crippen LogP contribution in [0.15, 0.2) is 24.3 Å². The van der Waals surface area contributed by atoms with Crippen LogP contribution in [0.2, 0.25) is 0 Å². The van der Waals surface area contributed by atoms with Gasteiger partial charge in [-0.05, 0) is 42.0 Å². The smallest absolute Gasteiger partial charge is 0.407 e. The third-order valence-electron chi connectivity index (χ3n) is 6.36. The van der Waals surface area contributed by atoms with E-state index in [0.29, 0.717) is 5.92 Å². The van der Waals surface area contributed by atoms with Gasteiger partial charge in [-0.25, -0.2) is 4.79 Å². The molecular weight excluding hydrogens is 330 g/mol. The summed E-state index contributed by atoms with van der Waals surface area (Å²) in [4.78, 5) is 28.3. The van der Waals surface area contributed by atoms with E-state index in [4.69, 9.17) is 0 Å². The van der Waals surface area contributed by atoms with Gasteiger partial charge in [0.25, 0.3) is 0 Å². The summed E-state index contributed by atoms with van der Waals surface area (Å²) in [5.74, 6) is 0.0424. The summed E-state index contributed by atoms with van der Waals surface area (Å²) in [5.41, 5.74) is 4.60. The predicted octanol–water partition coefficient (Wildman–Crippen LogP) is 2.58. The first-order valence-electron chi connectivity index (χ1n) is 9.50. The molecule has 6 nitrogen and oxygen atoms in total. The maximum absolute atomic E-state index is 12.9. The molecule has 26 heavy (non-hydrogen) atoms. The number of carbonyl (C=O) groups excluding carboxylic acids is 1. The van der Waals surface area contributed by atoms with Crippen LogP contribution >= 0.6 is 0 Å². The van der Waals surface area contributed by atoms with Crippen LogP contribution in [-0.2, 0) is 4.79 Å². The molecule has 0 radical (unpaired) electrons. The van der Waals surface area contributed by atoms with Crippen molar-refractivity contribution in [2.24, 2.45) is 5.92 Å². The lowest BCUT2D eigenvalue weighted by Crippen LogP contribution is -2.51. The van der Waals surface area contributed by atoms with Crippen molar-refractivity contribution in [3.05, 3.63) is 35.4 Å². The molecule has 0 bridgehead atoms. The van der Waals surface area contributed by atoms with Crippen LogP contribution in [0.1, 0.15) is 36.3 Å². The largest absolute Gasteiger partial charge is 0.465 e. The number of likely N-dealkylation sites (tertiary alicyclic amines) is 1. The number of hydrogen-bond acceptors (Lipinski definition) is 3. The lowest BCUT2D eigenvalue weighted by Gasteiger charge is -2.42. The van der Waals surface area contributed by atoms with E-state index < -0.39 is 6.09 Å². The maximum Gasteiger partial charge on any atom is 0.407 e. The molecule has 1 saturated heterocycles. The lowest BCUT2D eigenvalue weighted by molar-refractivity contribution is -0.133. The molecule has 1 aliphatic carbocycles. The van der Waals surface area contributed by atoms with E-state index in [2.05, 4.69) is 23.5 Å². The number of carboxylic acid groups (broad SMARTS) is 1. The Kier molecular flexibility index (Phi) is 3.48. The number of fused-ring (bicyclic) bond motifs is 2. The lowest BCUT2D eigenvalue weighted by atomic mass is 9.74. The Bertz CT molecular complexity index is 813. The number of hydrogen-bond donors (Lipinski definition) is 2. The van der Waals surface area contributed by atoms with E-state index in [1.54, 1.807) is 0 Å². The van der Waals surface area contributed by atoms with Crippen molar-refractivity contribution in [2.45, 2.75) is 31.2 Å². The van der Waals surface area contributed by atoms with E-state index in [1.807, 2.05) is 11.0 Å². The Balaban J connectivity index is 1.58. The molecule has 3 aliphatic heterocycles.